The lowest BCUT2D eigenvalue weighted by atomic mass is 9.70. The number of anilines is 5. The molecule has 2 unspecified atom stereocenters. The van der Waals surface area contributed by atoms with Crippen LogP contribution in [0.25, 0.3) is 44.5 Å². The molecular weight excluding hydrogens is 797 g/mol. The standard InChI is InChI=1S/C64H46N2/c1-63(2)51-23-9-5-21-49(51)61-55(63)27-15-31-59(61)66(44-39-35-42(36-40-44)41-33-37-43(38-34-41)65-57-29-13-7-19-47(57)48-20-8-14-30-58(48)65)60-32-16-28-56-62(60)50-22-6-12-26-54(50)64(56)52-24-10-3-17-45(52)46-18-4-11-25-53(46)64/h3-40,47,57H,1-2H3. The maximum atomic E-state index is 2.57. The lowest BCUT2D eigenvalue weighted by molar-refractivity contribution is 0.660. The first kappa shape index (κ1) is 37.4. The third-order valence-electron chi connectivity index (χ3n) is 15.6. The Balaban J connectivity index is 0.946. The molecule has 0 saturated heterocycles. The fourth-order valence-corrected chi connectivity index (χ4v) is 12.8. The lowest BCUT2D eigenvalue weighted by Crippen LogP contribution is -2.28. The zero-order valence-electron chi connectivity index (χ0n) is 37.0. The lowest BCUT2D eigenvalue weighted by Gasteiger charge is -2.32. The van der Waals surface area contributed by atoms with Crippen molar-refractivity contribution < 1.29 is 0 Å². The average Bonchev–Trinajstić information content (AvgIpc) is 4.05. The summed E-state index contributed by atoms with van der Waals surface area (Å²) in [7, 11) is 0. The summed E-state index contributed by atoms with van der Waals surface area (Å²) in [6.07, 6.45) is 9.07. The van der Waals surface area contributed by atoms with E-state index in [4.69, 9.17) is 0 Å². The normalized spacial score (nSPS) is 17.6. The van der Waals surface area contributed by atoms with Crippen LogP contribution in [-0.4, -0.2) is 6.04 Å². The molecule has 4 aliphatic carbocycles. The van der Waals surface area contributed by atoms with Crippen LogP contribution in [0, 0.1) is 0 Å². The minimum absolute atomic E-state index is 0.141. The highest BCUT2D eigenvalue weighted by Gasteiger charge is 2.52. The highest BCUT2D eigenvalue weighted by molar-refractivity contribution is 6.03. The van der Waals surface area contributed by atoms with Crippen LogP contribution >= 0.6 is 0 Å². The van der Waals surface area contributed by atoms with Gasteiger partial charge in [-0.15, -0.1) is 0 Å². The molecule has 14 rings (SSSR count). The quantitative estimate of drug-likeness (QED) is 0.170. The fourth-order valence-electron chi connectivity index (χ4n) is 12.8. The van der Waals surface area contributed by atoms with Gasteiger partial charge < -0.3 is 9.80 Å². The summed E-state index contributed by atoms with van der Waals surface area (Å²) < 4.78 is 0. The van der Waals surface area contributed by atoms with E-state index < -0.39 is 5.41 Å². The molecule has 1 heterocycles. The van der Waals surface area contributed by atoms with Gasteiger partial charge in [-0.2, -0.15) is 0 Å². The van der Waals surface area contributed by atoms with E-state index >= 15 is 0 Å². The molecule has 0 saturated carbocycles. The second-order valence-electron chi connectivity index (χ2n) is 19.1. The molecule has 9 aromatic rings. The largest absolute Gasteiger partial charge is 0.333 e. The Morgan fingerprint density at radius 3 is 1.56 bits per heavy atom. The average molecular weight is 843 g/mol. The number of fused-ring (bicyclic) bond motifs is 16. The summed E-state index contributed by atoms with van der Waals surface area (Å²) in [4.78, 5) is 5.07. The molecule has 2 nitrogen and oxygen atoms in total. The maximum Gasteiger partial charge on any atom is 0.0726 e. The molecular formula is C64H46N2. The molecule has 5 aliphatic rings. The molecule has 2 heteroatoms. The number of para-hydroxylation sites is 1. The molecule has 9 aromatic carbocycles. The van der Waals surface area contributed by atoms with Crippen LogP contribution < -0.4 is 9.80 Å². The maximum absolute atomic E-state index is 2.57. The van der Waals surface area contributed by atoms with E-state index in [1.54, 1.807) is 0 Å². The van der Waals surface area contributed by atoms with Crippen LogP contribution in [0.2, 0.25) is 0 Å². The minimum atomic E-state index is -0.438. The Hall–Kier alpha value is -7.94. The first-order chi connectivity index (χ1) is 32.5. The molecule has 0 amide bonds. The topological polar surface area (TPSA) is 6.48 Å². The molecule has 1 aliphatic heterocycles. The first-order valence-electron chi connectivity index (χ1n) is 23.4. The third-order valence-corrected chi connectivity index (χ3v) is 15.6. The van der Waals surface area contributed by atoms with Crippen molar-refractivity contribution in [3.05, 3.63) is 270 Å². The molecule has 0 radical (unpaired) electrons. The van der Waals surface area contributed by atoms with Crippen molar-refractivity contribution in [2.24, 2.45) is 0 Å². The Bertz CT molecular complexity index is 3490. The van der Waals surface area contributed by atoms with Gasteiger partial charge in [-0.25, -0.2) is 0 Å². The number of rotatable bonds is 5. The van der Waals surface area contributed by atoms with Gasteiger partial charge in [0.15, 0.2) is 0 Å². The van der Waals surface area contributed by atoms with Crippen LogP contribution in [0.4, 0.5) is 28.4 Å². The predicted molar refractivity (Wildman–Crippen MR) is 274 cm³/mol. The van der Waals surface area contributed by atoms with Crippen molar-refractivity contribution in [3.63, 3.8) is 0 Å². The molecule has 0 fully saturated rings. The molecule has 2 atom stereocenters. The minimum Gasteiger partial charge on any atom is -0.333 e. The van der Waals surface area contributed by atoms with Crippen LogP contribution in [0.15, 0.2) is 231 Å². The van der Waals surface area contributed by atoms with Gasteiger partial charge in [0.2, 0.25) is 0 Å². The van der Waals surface area contributed by atoms with Crippen LogP contribution in [0.3, 0.4) is 0 Å². The van der Waals surface area contributed by atoms with E-state index in [1.165, 1.54) is 106 Å². The van der Waals surface area contributed by atoms with Gasteiger partial charge in [0.25, 0.3) is 0 Å². The van der Waals surface area contributed by atoms with Gasteiger partial charge in [0.1, 0.15) is 0 Å². The van der Waals surface area contributed by atoms with Gasteiger partial charge in [-0.05, 0) is 115 Å². The van der Waals surface area contributed by atoms with E-state index in [-0.39, 0.29) is 11.5 Å². The molecule has 0 N–H and O–H groups in total. The second kappa shape index (κ2) is 13.8. The Morgan fingerprint density at radius 1 is 0.409 bits per heavy atom. The highest BCUT2D eigenvalue weighted by atomic mass is 15.2. The van der Waals surface area contributed by atoms with Crippen molar-refractivity contribution in [2.45, 2.75) is 36.6 Å². The number of benzene rings is 9. The van der Waals surface area contributed by atoms with Gasteiger partial charge in [-0.3, -0.25) is 0 Å². The third kappa shape index (κ3) is 4.91. The van der Waals surface area contributed by atoms with Crippen molar-refractivity contribution in [3.8, 4) is 44.5 Å². The fraction of sp³-hybridized carbons (Fsp3) is 0.0938. The second-order valence-corrected chi connectivity index (χ2v) is 19.1. The summed E-state index contributed by atoms with van der Waals surface area (Å²) in [5.41, 5.74) is 25.2. The van der Waals surface area contributed by atoms with Crippen LogP contribution in [-0.2, 0) is 10.8 Å². The summed E-state index contributed by atoms with van der Waals surface area (Å²) >= 11 is 0. The summed E-state index contributed by atoms with van der Waals surface area (Å²) in [6.45, 7) is 4.76. The van der Waals surface area contributed by atoms with E-state index in [0.29, 0.717) is 5.92 Å². The molecule has 66 heavy (non-hydrogen) atoms. The number of hydrogen-bond acceptors (Lipinski definition) is 2. The first-order valence-corrected chi connectivity index (χ1v) is 23.4. The number of hydrogen-bond donors (Lipinski definition) is 0. The molecule has 1 spiro atoms. The van der Waals surface area contributed by atoms with Gasteiger partial charge >= 0.3 is 0 Å². The predicted octanol–water partition coefficient (Wildman–Crippen LogP) is 16.2. The Kier molecular flexibility index (Phi) is 7.82. The summed E-state index contributed by atoms with van der Waals surface area (Å²) in [6, 6.07) is 78.1. The van der Waals surface area contributed by atoms with E-state index in [2.05, 4.69) is 254 Å². The van der Waals surface area contributed by atoms with Crippen molar-refractivity contribution >= 4 is 28.4 Å². The van der Waals surface area contributed by atoms with E-state index in [1.807, 2.05) is 0 Å². The Morgan fingerprint density at radius 2 is 0.894 bits per heavy atom. The molecule has 312 valence electrons. The number of nitrogens with zero attached hydrogens (tertiary/aromatic N) is 2. The summed E-state index contributed by atoms with van der Waals surface area (Å²) in [5, 5.41) is 0. The van der Waals surface area contributed by atoms with Crippen LogP contribution in [0.5, 0.6) is 0 Å². The Labute approximate surface area is 387 Å². The zero-order valence-corrected chi connectivity index (χ0v) is 37.0. The number of allylic oxidation sites excluding steroid dienone is 2. The molecule has 0 bridgehead atoms. The van der Waals surface area contributed by atoms with Crippen molar-refractivity contribution in [1.29, 1.82) is 0 Å². The van der Waals surface area contributed by atoms with Crippen molar-refractivity contribution in [1.82, 2.24) is 0 Å². The SMILES string of the molecule is CC1(C)c2ccccc2-c2c(N(c3ccc(-c4ccc(N5c6ccccc6C6C=CC=CC65)cc4)cc3)c3cccc4c3-c3ccccc3C43c4ccccc4-c4ccccc43)cccc21. The van der Waals surface area contributed by atoms with Gasteiger partial charge in [-0.1, -0.05) is 202 Å². The van der Waals surface area contributed by atoms with Crippen LogP contribution in [0.1, 0.15) is 58.7 Å². The van der Waals surface area contributed by atoms with Gasteiger partial charge in [0, 0.05) is 39.5 Å². The zero-order chi connectivity index (χ0) is 43.7. The monoisotopic (exact) mass is 842 g/mol. The summed E-state index contributed by atoms with van der Waals surface area (Å²) in [5.74, 6) is 0.362. The molecule has 0 aromatic heterocycles. The van der Waals surface area contributed by atoms with Gasteiger partial charge in [0.05, 0.1) is 22.8 Å². The highest BCUT2D eigenvalue weighted by Crippen LogP contribution is 2.65. The van der Waals surface area contributed by atoms with E-state index in [9.17, 15) is 0 Å². The van der Waals surface area contributed by atoms with E-state index in [0.717, 1.165) is 5.69 Å². The smallest absolute Gasteiger partial charge is 0.0726 e. The van der Waals surface area contributed by atoms with Crippen molar-refractivity contribution in [2.75, 3.05) is 9.80 Å².